The summed E-state index contributed by atoms with van der Waals surface area (Å²) in [6, 6.07) is 0. The van der Waals surface area contributed by atoms with Gasteiger partial charge in [0.05, 0.1) is 13.2 Å². The van der Waals surface area contributed by atoms with Crippen molar-refractivity contribution in [3.8, 4) is 0 Å². The molecule has 1 saturated heterocycles. The van der Waals surface area contributed by atoms with Gasteiger partial charge < -0.3 is 14.6 Å². The molecule has 0 aromatic heterocycles. The van der Waals surface area contributed by atoms with Crippen molar-refractivity contribution in [2.75, 3.05) is 13.2 Å². The summed E-state index contributed by atoms with van der Waals surface area (Å²) in [5.41, 5.74) is 0. The molecule has 0 bridgehead atoms. The third kappa shape index (κ3) is 1.89. The van der Waals surface area contributed by atoms with Crippen LogP contribution in [0.4, 0.5) is 8.78 Å². The summed E-state index contributed by atoms with van der Waals surface area (Å²) in [4.78, 5) is 0. The van der Waals surface area contributed by atoms with Gasteiger partial charge in [-0.05, 0) is 0 Å². The fraction of sp³-hybridized carbons (Fsp3) is 1.00. The van der Waals surface area contributed by atoms with Crippen molar-refractivity contribution in [3.63, 3.8) is 0 Å². The molecule has 1 aliphatic heterocycles. The lowest BCUT2D eigenvalue weighted by molar-refractivity contribution is -0.219. The van der Waals surface area contributed by atoms with Gasteiger partial charge in [-0.25, -0.2) is 8.78 Å². The van der Waals surface area contributed by atoms with E-state index in [4.69, 9.17) is 14.6 Å². The van der Waals surface area contributed by atoms with Crippen molar-refractivity contribution in [1.29, 1.82) is 0 Å². The van der Waals surface area contributed by atoms with Crippen molar-refractivity contribution in [2.45, 2.75) is 43.5 Å². The summed E-state index contributed by atoms with van der Waals surface area (Å²) in [5.74, 6) is -3.41. The Morgan fingerprint density at radius 3 is 2.36 bits per heavy atom. The first kappa shape index (κ1) is 10.3. The molecule has 2 rings (SSSR count). The van der Waals surface area contributed by atoms with E-state index in [1.165, 1.54) is 0 Å². The quantitative estimate of drug-likeness (QED) is 0.706. The van der Waals surface area contributed by atoms with E-state index in [1.807, 2.05) is 0 Å². The summed E-state index contributed by atoms with van der Waals surface area (Å²) in [7, 11) is 0. The molecule has 1 spiro atoms. The van der Waals surface area contributed by atoms with Gasteiger partial charge in [-0.15, -0.1) is 0 Å². The molecule has 5 heteroatoms. The van der Waals surface area contributed by atoms with E-state index in [0.29, 0.717) is 6.61 Å². The van der Waals surface area contributed by atoms with E-state index < -0.39 is 11.7 Å². The molecule has 1 heterocycles. The molecule has 2 fully saturated rings. The molecule has 1 aliphatic carbocycles. The van der Waals surface area contributed by atoms with Crippen LogP contribution >= 0.6 is 0 Å². The van der Waals surface area contributed by atoms with Gasteiger partial charge in [-0.1, -0.05) is 0 Å². The van der Waals surface area contributed by atoms with Crippen LogP contribution in [0.1, 0.15) is 25.7 Å². The standard InChI is InChI=1S/C9H14F2O3/c10-8(11)1-3-9(4-2-8)13-6-7(5-12)14-9/h7,12H,1-6H2. The van der Waals surface area contributed by atoms with E-state index in [2.05, 4.69) is 0 Å². The fourth-order valence-electron chi connectivity index (χ4n) is 1.97. The van der Waals surface area contributed by atoms with Crippen LogP contribution in [0.25, 0.3) is 0 Å². The minimum Gasteiger partial charge on any atom is -0.394 e. The van der Waals surface area contributed by atoms with E-state index >= 15 is 0 Å². The lowest BCUT2D eigenvalue weighted by atomic mass is 9.91. The number of aliphatic hydroxyl groups excluding tert-OH is 1. The van der Waals surface area contributed by atoms with Crippen molar-refractivity contribution in [3.05, 3.63) is 0 Å². The van der Waals surface area contributed by atoms with Gasteiger partial charge in [-0.2, -0.15) is 0 Å². The van der Waals surface area contributed by atoms with Crippen LogP contribution in [0, 0.1) is 0 Å². The zero-order valence-electron chi connectivity index (χ0n) is 7.84. The molecule has 0 aromatic carbocycles. The SMILES string of the molecule is OCC1COC2(CCC(F)(F)CC2)O1. The normalized spacial score (nSPS) is 34.9. The second-order valence-corrected chi connectivity index (χ2v) is 4.00. The van der Waals surface area contributed by atoms with Crippen molar-refractivity contribution in [1.82, 2.24) is 0 Å². The van der Waals surface area contributed by atoms with Gasteiger partial charge in [-0.3, -0.25) is 0 Å². The molecule has 1 saturated carbocycles. The monoisotopic (exact) mass is 208 g/mol. The summed E-state index contributed by atoms with van der Waals surface area (Å²) in [5, 5.41) is 8.83. The van der Waals surface area contributed by atoms with Gasteiger partial charge in [0.15, 0.2) is 5.79 Å². The zero-order chi connectivity index (χ0) is 10.2. The molecular formula is C9H14F2O3. The van der Waals surface area contributed by atoms with Crippen LogP contribution in [-0.2, 0) is 9.47 Å². The molecule has 0 amide bonds. The van der Waals surface area contributed by atoms with E-state index in [-0.39, 0.29) is 38.4 Å². The number of rotatable bonds is 1. The molecular weight excluding hydrogens is 194 g/mol. The number of aliphatic hydroxyl groups is 1. The summed E-state index contributed by atoms with van der Waals surface area (Å²) < 4.78 is 36.5. The van der Waals surface area contributed by atoms with Crippen LogP contribution in [0.15, 0.2) is 0 Å². The Morgan fingerprint density at radius 1 is 1.21 bits per heavy atom. The van der Waals surface area contributed by atoms with E-state index in [0.717, 1.165) is 0 Å². The third-order valence-electron chi connectivity index (χ3n) is 2.86. The molecule has 1 N–H and O–H groups in total. The van der Waals surface area contributed by atoms with Crippen LogP contribution < -0.4 is 0 Å². The first-order chi connectivity index (χ1) is 6.55. The fourth-order valence-corrected chi connectivity index (χ4v) is 1.97. The van der Waals surface area contributed by atoms with E-state index in [9.17, 15) is 8.78 Å². The summed E-state index contributed by atoms with van der Waals surface area (Å²) >= 11 is 0. The minimum absolute atomic E-state index is 0.113. The Hall–Kier alpha value is -0.260. The third-order valence-corrected chi connectivity index (χ3v) is 2.86. The van der Waals surface area contributed by atoms with Gasteiger partial charge >= 0.3 is 0 Å². The zero-order valence-corrected chi connectivity index (χ0v) is 7.84. The number of alkyl halides is 2. The Kier molecular flexibility index (Phi) is 2.49. The average molecular weight is 208 g/mol. The molecule has 1 atom stereocenters. The first-order valence-corrected chi connectivity index (χ1v) is 4.86. The van der Waals surface area contributed by atoms with Crippen molar-refractivity contribution in [2.24, 2.45) is 0 Å². The van der Waals surface area contributed by atoms with Gasteiger partial charge in [0.2, 0.25) is 5.92 Å². The topological polar surface area (TPSA) is 38.7 Å². The van der Waals surface area contributed by atoms with Crippen molar-refractivity contribution >= 4 is 0 Å². The average Bonchev–Trinajstić information content (AvgIpc) is 2.56. The second-order valence-electron chi connectivity index (χ2n) is 4.00. The molecule has 1 unspecified atom stereocenters. The Bertz CT molecular complexity index is 210. The van der Waals surface area contributed by atoms with Crippen LogP contribution in [0.2, 0.25) is 0 Å². The lowest BCUT2D eigenvalue weighted by Crippen LogP contribution is -2.40. The van der Waals surface area contributed by atoms with E-state index in [1.54, 1.807) is 0 Å². The van der Waals surface area contributed by atoms with Crippen LogP contribution in [-0.4, -0.2) is 36.1 Å². The highest BCUT2D eigenvalue weighted by Gasteiger charge is 2.49. The highest BCUT2D eigenvalue weighted by Crippen LogP contribution is 2.43. The number of ether oxygens (including phenoxy) is 2. The molecule has 3 nitrogen and oxygen atoms in total. The Morgan fingerprint density at radius 2 is 1.86 bits per heavy atom. The highest BCUT2D eigenvalue weighted by atomic mass is 19.3. The predicted octanol–water partition coefficient (Wildman–Crippen LogP) is 1.30. The molecule has 82 valence electrons. The van der Waals surface area contributed by atoms with Gasteiger partial charge in [0, 0.05) is 25.7 Å². The largest absolute Gasteiger partial charge is 0.394 e. The molecule has 0 aromatic rings. The smallest absolute Gasteiger partial charge is 0.248 e. The minimum atomic E-state index is -2.57. The summed E-state index contributed by atoms with van der Waals surface area (Å²) in [6.45, 7) is 0.195. The highest BCUT2D eigenvalue weighted by molar-refractivity contribution is 4.87. The van der Waals surface area contributed by atoms with Crippen LogP contribution in [0.3, 0.4) is 0 Å². The maximum atomic E-state index is 12.9. The first-order valence-electron chi connectivity index (χ1n) is 4.86. The number of hydrogen-bond donors (Lipinski definition) is 1. The molecule has 14 heavy (non-hydrogen) atoms. The predicted molar refractivity (Wildman–Crippen MR) is 44.1 cm³/mol. The van der Waals surface area contributed by atoms with Gasteiger partial charge in [0.25, 0.3) is 0 Å². The number of hydrogen-bond acceptors (Lipinski definition) is 3. The lowest BCUT2D eigenvalue weighted by Gasteiger charge is -2.35. The molecule has 0 radical (unpaired) electrons. The Labute approximate surface area is 81.0 Å². The second kappa shape index (κ2) is 3.40. The number of halogens is 2. The van der Waals surface area contributed by atoms with Gasteiger partial charge in [0.1, 0.15) is 6.10 Å². The maximum Gasteiger partial charge on any atom is 0.248 e. The maximum absolute atomic E-state index is 12.9. The van der Waals surface area contributed by atoms with Crippen LogP contribution in [0.5, 0.6) is 0 Å². The summed E-state index contributed by atoms with van der Waals surface area (Å²) in [6.07, 6.45) is -0.287. The Balaban J connectivity index is 1.94. The van der Waals surface area contributed by atoms with Crippen molar-refractivity contribution < 1.29 is 23.4 Å². The molecule has 2 aliphatic rings.